The molecule has 0 spiro atoms. The Morgan fingerprint density at radius 1 is 0.750 bits per heavy atom. The van der Waals surface area contributed by atoms with Crippen LogP contribution in [0.15, 0.2) is 18.2 Å². The largest absolute Gasteiger partial charge is 0.203 e. The fraction of sp³-hybridized carbons (Fsp3) is 0.214. The molecule has 1 nitrogen and oxygen atoms in total. The molecule has 0 aliphatic rings. The molecule has 0 saturated heterocycles. The molecule has 0 bridgehead atoms. The van der Waals surface area contributed by atoms with Crippen molar-refractivity contribution >= 4 is 0 Å². The van der Waals surface area contributed by atoms with Crippen LogP contribution in [0.4, 0.5) is 22.0 Å². The average Bonchev–Trinajstić information content (AvgIpc) is 2.42. The molecule has 2 aromatic rings. The molecular formula is C14H11F5N+. The highest BCUT2D eigenvalue weighted by Crippen LogP contribution is 2.22. The summed E-state index contributed by atoms with van der Waals surface area (Å²) in [5, 5.41) is 0. The summed E-state index contributed by atoms with van der Waals surface area (Å²) in [5.41, 5.74) is 0.451. The lowest BCUT2D eigenvalue weighted by molar-refractivity contribution is -0.700. The molecule has 0 radical (unpaired) electrons. The number of rotatable bonds is 2. The highest BCUT2D eigenvalue weighted by molar-refractivity contribution is 5.23. The maximum absolute atomic E-state index is 13.6. The Labute approximate surface area is 112 Å². The predicted molar refractivity (Wildman–Crippen MR) is 61.4 cm³/mol. The maximum Gasteiger partial charge on any atom is 0.200 e. The van der Waals surface area contributed by atoms with Crippen molar-refractivity contribution in [1.29, 1.82) is 0 Å². The third-order valence-electron chi connectivity index (χ3n) is 3.14. The van der Waals surface area contributed by atoms with Gasteiger partial charge in [-0.3, -0.25) is 0 Å². The van der Waals surface area contributed by atoms with Crippen LogP contribution in [0.25, 0.3) is 0 Å². The van der Waals surface area contributed by atoms with Gasteiger partial charge in [-0.2, -0.15) is 4.57 Å². The van der Waals surface area contributed by atoms with Crippen molar-refractivity contribution in [3.63, 3.8) is 0 Å². The van der Waals surface area contributed by atoms with Crippen LogP contribution in [0, 0.1) is 42.9 Å². The van der Waals surface area contributed by atoms with Crippen LogP contribution < -0.4 is 4.57 Å². The molecule has 0 unspecified atom stereocenters. The van der Waals surface area contributed by atoms with Crippen molar-refractivity contribution in [3.05, 3.63) is 64.2 Å². The topological polar surface area (TPSA) is 3.88 Å². The van der Waals surface area contributed by atoms with Crippen molar-refractivity contribution in [1.82, 2.24) is 0 Å². The van der Waals surface area contributed by atoms with Gasteiger partial charge in [0.05, 0.1) is 5.56 Å². The monoisotopic (exact) mass is 288 g/mol. The van der Waals surface area contributed by atoms with Gasteiger partial charge in [0.1, 0.15) is 0 Å². The van der Waals surface area contributed by atoms with E-state index in [9.17, 15) is 22.0 Å². The first-order chi connectivity index (χ1) is 9.34. The molecule has 1 heterocycles. The van der Waals surface area contributed by atoms with E-state index in [0.29, 0.717) is 11.4 Å². The highest BCUT2D eigenvalue weighted by Gasteiger charge is 2.28. The first-order valence-corrected chi connectivity index (χ1v) is 5.81. The Balaban J connectivity index is 2.61. The standard InChI is InChI=1S/C14H11F5N/c1-7-4-3-5-8(2)20(7)6-9-10(15)12(17)14(19)13(18)11(9)16/h3-5H,6H2,1-2H3/q+1. The summed E-state index contributed by atoms with van der Waals surface area (Å²) in [6.45, 7) is 2.93. The quantitative estimate of drug-likeness (QED) is 0.345. The van der Waals surface area contributed by atoms with Gasteiger partial charge < -0.3 is 0 Å². The SMILES string of the molecule is Cc1cccc(C)[n+]1Cc1c(F)c(F)c(F)c(F)c1F. The smallest absolute Gasteiger partial charge is 0.200 e. The predicted octanol–water partition coefficient (Wildman–Crippen LogP) is 3.33. The van der Waals surface area contributed by atoms with Gasteiger partial charge >= 0.3 is 0 Å². The number of pyridine rings is 1. The minimum absolute atomic E-state index is 0.426. The zero-order valence-electron chi connectivity index (χ0n) is 10.8. The Hall–Kier alpha value is -1.98. The maximum atomic E-state index is 13.6. The number of aryl methyl sites for hydroxylation is 2. The molecule has 0 aliphatic carbocycles. The summed E-state index contributed by atoms with van der Waals surface area (Å²) in [6, 6.07) is 5.10. The number of hydrogen-bond acceptors (Lipinski definition) is 0. The summed E-state index contributed by atoms with van der Waals surface area (Å²) < 4.78 is 67.9. The van der Waals surface area contributed by atoms with E-state index >= 15 is 0 Å². The van der Waals surface area contributed by atoms with Gasteiger partial charge in [0, 0.05) is 26.0 Å². The van der Waals surface area contributed by atoms with Crippen LogP contribution in [0.3, 0.4) is 0 Å². The van der Waals surface area contributed by atoms with E-state index in [1.807, 2.05) is 0 Å². The number of hydrogen-bond donors (Lipinski definition) is 0. The van der Waals surface area contributed by atoms with Gasteiger partial charge in [0.25, 0.3) is 0 Å². The molecule has 0 saturated carbocycles. The van der Waals surface area contributed by atoms with Crippen molar-refractivity contribution in [2.45, 2.75) is 20.4 Å². The number of halogens is 5. The second kappa shape index (κ2) is 5.19. The Morgan fingerprint density at radius 2 is 1.15 bits per heavy atom. The second-order valence-corrected chi connectivity index (χ2v) is 4.44. The molecule has 0 fully saturated rings. The van der Waals surface area contributed by atoms with Gasteiger partial charge in [-0.15, -0.1) is 0 Å². The molecule has 0 amide bonds. The average molecular weight is 288 g/mol. The summed E-state index contributed by atoms with van der Waals surface area (Å²) in [6.07, 6.45) is 0. The van der Waals surface area contributed by atoms with Crippen LogP contribution in [-0.2, 0) is 6.54 Å². The molecule has 6 heteroatoms. The molecule has 20 heavy (non-hydrogen) atoms. The van der Waals surface area contributed by atoms with Gasteiger partial charge in [0.15, 0.2) is 41.2 Å². The van der Waals surface area contributed by atoms with Crippen LogP contribution in [-0.4, -0.2) is 0 Å². The van der Waals surface area contributed by atoms with E-state index in [1.54, 1.807) is 32.0 Å². The number of nitrogens with zero attached hydrogens (tertiary/aromatic N) is 1. The highest BCUT2D eigenvalue weighted by atomic mass is 19.2. The molecule has 1 aromatic carbocycles. The number of benzene rings is 1. The zero-order chi connectivity index (χ0) is 15.0. The fourth-order valence-electron chi connectivity index (χ4n) is 1.98. The fourth-order valence-corrected chi connectivity index (χ4v) is 1.98. The Bertz CT molecular complexity index is 632. The van der Waals surface area contributed by atoms with E-state index in [-0.39, 0.29) is 0 Å². The zero-order valence-corrected chi connectivity index (χ0v) is 10.8. The summed E-state index contributed by atoms with van der Waals surface area (Å²) in [4.78, 5) is 0. The van der Waals surface area contributed by atoms with E-state index in [2.05, 4.69) is 0 Å². The first-order valence-electron chi connectivity index (χ1n) is 5.81. The van der Waals surface area contributed by atoms with E-state index in [1.165, 1.54) is 4.57 Å². The molecule has 0 atom stereocenters. The Kier molecular flexibility index (Phi) is 3.74. The lowest BCUT2D eigenvalue weighted by Gasteiger charge is -2.08. The molecule has 106 valence electrons. The van der Waals surface area contributed by atoms with Gasteiger partial charge in [-0.05, 0) is 6.07 Å². The molecule has 0 N–H and O–H groups in total. The summed E-state index contributed by atoms with van der Waals surface area (Å²) >= 11 is 0. The van der Waals surface area contributed by atoms with Gasteiger partial charge in [-0.25, -0.2) is 22.0 Å². The van der Waals surface area contributed by atoms with Crippen LogP contribution in [0.1, 0.15) is 17.0 Å². The first kappa shape index (κ1) is 14.4. The van der Waals surface area contributed by atoms with E-state index in [0.717, 1.165) is 0 Å². The van der Waals surface area contributed by atoms with Gasteiger partial charge in [-0.1, -0.05) is 0 Å². The lowest BCUT2D eigenvalue weighted by Crippen LogP contribution is -2.41. The molecule has 1 aromatic heterocycles. The van der Waals surface area contributed by atoms with Crippen LogP contribution in [0.5, 0.6) is 0 Å². The lowest BCUT2D eigenvalue weighted by atomic mass is 10.1. The molecule has 2 rings (SSSR count). The summed E-state index contributed by atoms with van der Waals surface area (Å²) in [5.74, 6) is -9.58. The third kappa shape index (κ3) is 2.26. The van der Waals surface area contributed by atoms with Crippen molar-refractivity contribution in [3.8, 4) is 0 Å². The number of aromatic nitrogens is 1. The van der Waals surface area contributed by atoms with Crippen LogP contribution in [0.2, 0.25) is 0 Å². The van der Waals surface area contributed by atoms with Crippen LogP contribution >= 0.6 is 0 Å². The van der Waals surface area contributed by atoms with Gasteiger partial charge in [0.2, 0.25) is 5.82 Å². The van der Waals surface area contributed by atoms with Crippen molar-refractivity contribution in [2.75, 3.05) is 0 Å². The normalized spacial score (nSPS) is 10.9. The van der Waals surface area contributed by atoms with Crippen molar-refractivity contribution < 1.29 is 26.5 Å². The third-order valence-corrected chi connectivity index (χ3v) is 3.14. The van der Waals surface area contributed by atoms with E-state index < -0.39 is 41.2 Å². The minimum atomic E-state index is -2.14. The molecule has 0 aliphatic heterocycles. The second-order valence-electron chi connectivity index (χ2n) is 4.44. The van der Waals surface area contributed by atoms with E-state index in [4.69, 9.17) is 0 Å². The minimum Gasteiger partial charge on any atom is -0.203 e. The molecular weight excluding hydrogens is 277 g/mol. The summed E-state index contributed by atoms with van der Waals surface area (Å²) in [7, 11) is 0. The Morgan fingerprint density at radius 3 is 1.60 bits per heavy atom. The van der Waals surface area contributed by atoms with Crippen molar-refractivity contribution in [2.24, 2.45) is 0 Å².